The van der Waals surface area contributed by atoms with Gasteiger partial charge in [0.05, 0.1) is 11.4 Å². The minimum absolute atomic E-state index is 0.0447. The molecule has 2 rings (SSSR count). The lowest BCUT2D eigenvalue weighted by Crippen LogP contribution is -2.39. The molecule has 0 aliphatic rings. The Morgan fingerprint density at radius 3 is 2.31 bits per heavy atom. The minimum Gasteiger partial charge on any atom is -0.489 e. The molecule has 0 saturated carbocycles. The average molecular weight is 418 g/mol. The summed E-state index contributed by atoms with van der Waals surface area (Å²) in [7, 11) is -3.16. The molecule has 0 heterocycles. The fourth-order valence-corrected chi connectivity index (χ4v) is 3.31. The van der Waals surface area contributed by atoms with Gasteiger partial charge in [0.15, 0.2) is 15.8 Å². The van der Waals surface area contributed by atoms with E-state index in [0.717, 1.165) is 30.2 Å². The molecule has 0 saturated heterocycles. The third-order valence-electron chi connectivity index (χ3n) is 4.27. The van der Waals surface area contributed by atoms with Gasteiger partial charge in [-0.15, -0.1) is 0 Å². The van der Waals surface area contributed by atoms with Crippen molar-refractivity contribution < 1.29 is 13.2 Å². The number of sulfone groups is 1. The van der Waals surface area contributed by atoms with Crippen molar-refractivity contribution in [1.82, 2.24) is 10.6 Å². The Morgan fingerprint density at radius 2 is 1.72 bits per heavy atom. The Bertz CT molecular complexity index is 892. The van der Waals surface area contributed by atoms with E-state index in [-0.39, 0.29) is 6.10 Å². The molecule has 29 heavy (non-hydrogen) atoms. The van der Waals surface area contributed by atoms with Crippen LogP contribution in [0, 0.1) is 6.92 Å². The van der Waals surface area contributed by atoms with Gasteiger partial charge >= 0.3 is 0 Å². The normalized spacial score (nSPS) is 13.0. The van der Waals surface area contributed by atoms with Crippen molar-refractivity contribution in [2.24, 2.45) is 4.99 Å². The Hall–Kier alpha value is -2.54. The second kappa shape index (κ2) is 10.9. The molecule has 1 atom stereocenters. The summed E-state index contributed by atoms with van der Waals surface area (Å²) in [6.07, 6.45) is 1.94. The molecule has 2 aromatic rings. The molecule has 7 heteroatoms. The molecule has 158 valence electrons. The van der Waals surface area contributed by atoms with Crippen LogP contribution in [0.1, 0.15) is 25.0 Å². The first-order valence-electron chi connectivity index (χ1n) is 9.82. The Labute approximate surface area is 174 Å². The number of hydrogen-bond acceptors (Lipinski definition) is 4. The monoisotopic (exact) mass is 417 g/mol. The standard InChI is InChI=1S/C22H31N3O3S/c1-5-23-22(25-16-18(3)28-20-10-6-17(2)7-11-20)24-15-14-19-8-12-21(13-9-19)29(4,26)27/h6-13,18H,5,14-16H2,1-4H3,(H2,23,24,25). The van der Waals surface area contributed by atoms with Crippen LogP contribution in [0.4, 0.5) is 0 Å². The summed E-state index contributed by atoms with van der Waals surface area (Å²) in [6.45, 7) is 8.06. The van der Waals surface area contributed by atoms with Crippen LogP contribution in [-0.4, -0.2) is 46.4 Å². The van der Waals surface area contributed by atoms with Crippen molar-refractivity contribution in [3.05, 3.63) is 59.7 Å². The Morgan fingerprint density at radius 1 is 1.07 bits per heavy atom. The van der Waals surface area contributed by atoms with E-state index in [2.05, 4.69) is 15.6 Å². The first-order valence-corrected chi connectivity index (χ1v) is 11.7. The van der Waals surface area contributed by atoms with Crippen molar-refractivity contribution in [2.75, 3.05) is 25.9 Å². The molecule has 0 aliphatic carbocycles. The van der Waals surface area contributed by atoms with Crippen molar-refractivity contribution >= 4 is 15.8 Å². The summed E-state index contributed by atoms with van der Waals surface area (Å²) in [6, 6.07) is 15.0. The van der Waals surface area contributed by atoms with Crippen LogP contribution in [0.25, 0.3) is 0 Å². The molecule has 6 nitrogen and oxygen atoms in total. The molecule has 2 aromatic carbocycles. The second-order valence-electron chi connectivity index (χ2n) is 7.05. The maximum Gasteiger partial charge on any atom is 0.191 e. The van der Waals surface area contributed by atoms with Gasteiger partial charge in [-0.1, -0.05) is 29.8 Å². The van der Waals surface area contributed by atoms with Crippen LogP contribution in [0.15, 0.2) is 58.4 Å². The first-order chi connectivity index (χ1) is 13.8. The summed E-state index contributed by atoms with van der Waals surface area (Å²) >= 11 is 0. The fourth-order valence-electron chi connectivity index (χ4n) is 2.68. The van der Waals surface area contributed by atoms with Crippen LogP contribution in [0.5, 0.6) is 5.75 Å². The van der Waals surface area contributed by atoms with E-state index in [0.29, 0.717) is 18.0 Å². The first kappa shape index (κ1) is 22.7. The van der Waals surface area contributed by atoms with Crippen molar-refractivity contribution in [1.29, 1.82) is 0 Å². The number of aliphatic imine (C=N–C) groups is 1. The highest BCUT2D eigenvalue weighted by atomic mass is 32.2. The average Bonchev–Trinajstić information content (AvgIpc) is 2.67. The SMILES string of the molecule is CCNC(=NCC(C)Oc1ccc(C)cc1)NCCc1ccc(S(C)(=O)=O)cc1. The van der Waals surface area contributed by atoms with Crippen LogP contribution < -0.4 is 15.4 Å². The van der Waals surface area contributed by atoms with Gasteiger partial charge in [-0.3, -0.25) is 0 Å². The van der Waals surface area contributed by atoms with Crippen molar-refractivity contribution in [3.8, 4) is 5.75 Å². The van der Waals surface area contributed by atoms with E-state index in [1.807, 2.05) is 57.2 Å². The van der Waals surface area contributed by atoms with Gasteiger partial charge in [0.25, 0.3) is 0 Å². The summed E-state index contributed by atoms with van der Waals surface area (Å²) in [4.78, 5) is 4.93. The zero-order chi connectivity index (χ0) is 21.3. The molecule has 1 unspecified atom stereocenters. The third-order valence-corrected chi connectivity index (χ3v) is 5.40. The number of ether oxygens (including phenoxy) is 1. The highest BCUT2D eigenvalue weighted by Gasteiger charge is 2.07. The molecule has 2 N–H and O–H groups in total. The van der Waals surface area contributed by atoms with Gasteiger partial charge < -0.3 is 15.4 Å². The topological polar surface area (TPSA) is 79.8 Å². The quantitative estimate of drug-likeness (QED) is 0.484. The molecular weight excluding hydrogens is 386 g/mol. The molecule has 0 aromatic heterocycles. The number of rotatable bonds is 9. The van der Waals surface area contributed by atoms with Gasteiger partial charge in [-0.25, -0.2) is 13.4 Å². The van der Waals surface area contributed by atoms with Gasteiger partial charge in [-0.2, -0.15) is 0 Å². The number of hydrogen-bond donors (Lipinski definition) is 2. The predicted molar refractivity (Wildman–Crippen MR) is 119 cm³/mol. The summed E-state index contributed by atoms with van der Waals surface area (Å²) < 4.78 is 29.0. The fraction of sp³-hybridized carbons (Fsp3) is 0.409. The van der Waals surface area contributed by atoms with Crippen LogP contribution in [0.2, 0.25) is 0 Å². The molecule has 0 radical (unpaired) electrons. The zero-order valence-corrected chi connectivity index (χ0v) is 18.4. The molecular formula is C22H31N3O3S. The molecule has 0 aliphatic heterocycles. The molecule has 0 spiro atoms. The van der Waals surface area contributed by atoms with Crippen LogP contribution in [0.3, 0.4) is 0 Å². The molecule has 0 bridgehead atoms. The van der Waals surface area contributed by atoms with Crippen molar-refractivity contribution in [2.45, 2.75) is 38.2 Å². The highest BCUT2D eigenvalue weighted by Crippen LogP contribution is 2.13. The maximum absolute atomic E-state index is 11.5. The number of benzene rings is 2. The summed E-state index contributed by atoms with van der Waals surface area (Å²) in [5.74, 6) is 1.58. The maximum atomic E-state index is 11.5. The number of aryl methyl sites for hydroxylation is 1. The summed E-state index contributed by atoms with van der Waals surface area (Å²) in [5.41, 5.74) is 2.27. The lowest BCUT2D eigenvalue weighted by Gasteiger charge is -2.15. The number of nitrogens with one attached hydrogen (secondary N) is 2. The molecule has 0 fully saturated rings. The van der Waals surface area contributed by atoms with Gasteiger partial charge in [0, 0.05) is 19.3 Å². The van der Waals surface area contributed by atoms with E-state index in [1.165, 1.54) is 11.8 Å². The van der Waals surface area contributed by atoms with E-state index >= 15 is 0 Å². The minimum atomic E-state index is -3.16. The highest BCUT2D eigenvalue weighted by molar-refractivity contribution is 7.90. The summed E-state index contributed by atoms with van der Waals surface area (Å²) in [5, 5.41) is 6.53. The van der Waals surface area contributed by atoms with Gasteiger partial charge in [0.2, 0.25) is 0 Å². The smallest absolute Gasteiger partial charge is 0.191 e. The molecule has 0 amide bonds. The zero-order valence-electron chi connectivity index (χ0n) is 17.6. The van der Waals surface area contributed by atoms with E-state index in [9.17, 15) is 8.42 Å². The Balaban J connectivity index is 1.84. The largest absolute Gasteiger partial charge is 0.489 e. The predicted octanol–water partition coefficient (Wildman–Crippen LogP) is 2.96. The lowest BCUT2D eigenvalue weighted by molar-refractivity contribution is 0.230. The van der Waals surface area contributed by atoms with Gasteiger partial charge in [-0.05, 0) is 57.0 Å². The van der Waals surface area contributed by atoms with Gasteiger partial charge in [0.1, 0.15) is 11.9 Å². The number of guanidine groups is 1. The van der Waals surface area contributed by atoms with E-state index in [4.69, 9.17) is 4.74 Å². The Kier molecular flexibility index (Phi) is 8.51. The van der Waals surface area contributed by atoms with Crippen molar-refractivity contribution in [3.63, 3.8) is 0 Å². The van der Waals surface area contributed by atoms with E-state index in [1.54, 1.807) is 12.1 Å². The third kappa shape index (κ3) is 8.15. The lowest BCUT2D eigenvalue weighted by atomic mass is 10.1. The number of nitrogens with zero attached hydrogens (tertiary/aromatic N) is 1. The van der Waals surface area contributed by atoms with Crippen LogP contribution >= 0.6 is 0 Å². The second-order valence-corrected chi connectivity index (χ2v) is 9.07. The van der Waals surface area contributed by atoms with E-state index < -0.39 is 9.84 Å². The van der Waals surface area contributed by atoms with Crippen LogP contribution in [-0.2, 0) is 16.3 Å².